The van der Waals surface area contributed by atoms with Crippen LogP contribution in [-0.4, -0.2) is 0 Å². The highest BCUT2D eigenvalue weighted by Gasteiger charge is 1.94. The Morgan fingerprint density at radius 1 is 0.562 bits per heavy atom. The van der Waals surface area contributed by atoms with Gasteiger partial charge in [0.1, 0.15) is 0 Å². The molecule has 16 heavy (non-hydrogen) atoms. The number of hydrogen-bond donors (Lipinski definition) is 0. The zero-order valence-corrected chi connectivity index (χ0v) is 11.8. The summed E-state index contributed by atoms with van der Waals surface area (Å²) in [6.07, 6.45) is 12.2. The summed E-state index contributed by atoms with van der Waals surface area (Å²) in [4.78, 5) is 0. The number of unbranched alkanes of at least 4 members (excludes halogenated alkanes) is 7. The van der Waals surface area contributed by atoms with Gasteiger partial charge in [-0.25, -0.2) is 0 Å². The van der Waals surface area contributed by atoms with Gasteiger partial charge in [0, 0.05) is 10.1 Å². The van der Waals surface area contributed by atoms with E-state index in [0.29, 0.717) is 0 Å². The first-order valence-corrected chi connectivity index (χ1v) is 7.05. The second-order valence-corrected chi connectivity index (χ2v) is 5.43. The van der Waals surface area contributed by atoms with Gasteiger partial charge in [-0.15, -0.1) is 0 Å². The molecule has 0 N–H and O–H groups in total. The lowest BCUT2D eigenvalue weighted by Gasteiger charge is -2.02. The summed E-state index contributed by atoms with van der Waals surface area (Å²) in [5, 5.41) is 1.59. The number of hydrogen-bond acceptors (Lipinski definition) is 0. The van der Waals surface area contributed by atoms with Gasteiger partial charge < -0.3 is 0 Å². The molecule has 0 fully saturated rings. The third-order valence-electron chi connectivity index (χ3n) is 2.65. The molecule has 0 aromatic rings. The van der Waals surface area contributed by atoms with Crippen LogP contribution in [0.2, 0.25) is 0 Å². The largest absolute Gasteiger partial charge is 0.0898 e. The maximum atomic E-state index is 5.69. The van der Waals surface area contributed by atoms with Crippen molar-refractivity contribution in [3.63, 3.8) is 0 Å². The van der Waals surface area contributed by atoms with Gasteiger partial charge in [-0.05, 0) is 25.7 Å². The normalized spacial score (nSPS) is 10.4. The highest BCUT2D eigenvalue weighted by atomic mass is 35.5. The van der Waals surface area contributed by atoms with Crippen LogP contribution in [0.1, 0.15) is 64.2 Å². The van der Waals surface area contributed by atoms with E-state index in [0.717, 1.165) is 22.9 Å². The number of halogens is 2. The standard InChI is InChI=1S/C14H24Cl2/c1-13(15)11-9-7-5-3-4-6-8-10-12-14(2)16/h1-12H2. The zero-order chi connectivity index (χ0) is 12.2. The predicted molar refractivity (Wildman–Crippen MR) is 76.2 cm³/mol. The molecule has 0 saturated carbocycles. The van der Waals surface area contributed by atoms with Gasteiger partial charge in [-0.1, -0.05) is 74.9 Å². The Balaban J connectivity index is 2.98. The Kier molecular flexibility index (Phi) is 11.6. The summed E-state index contributed by atoms with van der Waals surface area (Å²) in [6.45, 7) is 7.37. The molecular formula is C14H24Cl2. The topological polar surface area (TPSA) is 0 Å². The summed E-state index contributed by atoms with van der Waals surface area (Å²) >= 11 is 11.4. The molecule has 0 aromatic heterocycles. The highest BCUT2D eigenvalue weighted by Crippen LogP contribution is 2.15. The van der Waals surface area contributed by atoms with Crippen LogP contribution in [0.4, 0.5) is 0 Å². The minimum atomic E-state index is 0.793. The van der Waals surface area contributed by atoms with Gasteiger partial charge >= 0.3 is 0 Å². The smallest absolute Gasteiger partial charge is 0.0109 e. The third-order valence-corrected chi connectivity index (χ3v) is 3.02. The van der Waals surface area contributed by atoms with Crippen molar-refractivity contribution in [1.82, 2.24) is 0 Å². The Labute approximate surface area is 111 Å². The van der Waals surface area contributed by atoms with E-state index in [-0.39, 0.29) is 0 Å². The van der Waals surface area contributed by atoms with E-state index in [1.54, 1.807) is 0 Å². The molecule has 0 saturated heterocycles. The summed E-state index contributed by atoms with van der Waals surface area (Å²) in [6, 6.07) is 0. The van der Waals surface area contributed by atoms with Gasteiger partial charge in [-0.3, -0.25) is 0 Å². The average molecular weight is 263 g/mol. The molecule has 0 aliphatic heterocycles. The Morgan fingerprint density at radius 3 is 1.06 bits per heavy atom. The van der Waals surface area contributed by atoms with Crippen LogP contribution in [0.15, 0.2) is 23.2 Å². The lowest BCUT2D eigenvalue weighted by Crippen LogP contribution is -1.82. The molecule has 0 aliphatic rings. The first-order valence-electron chi connectivity index (χ1n) is 6.29. The average Bonchev–Trinajstić information content (AvgIpc) is 2.20. The van der Waals surface area contributed by atoms with Crippen molar-refractivity contribution >= 4 is 23.2 Å². The van der Waals surface area contributed by atoms with Crippen molar-refractivity contribution in [2.45, 2.75) is 64.2 Å². The summed E-state index contributed by atoms with van der Waals surface area (Å²) in [5.74, 6) is 0. The minimum Gasteiger partial charge on any atom is -0.0898 e. The maximum absolute atomic E-state index is 5.69. The molecule has 0 heterocycles. The molecule has 2 heteroatoms. The Bertz CT molecular complexity index is 175. The van der Waals surface area contributed by atoms with E-state index >= 15 is 0 Å². The van der Waals surface area contributed by atoms with E-state index in [1.807, 2.05) is 0 Å². The van der Waals surface area contributed by atoms with E-state index in [2.05, 4.69) is 13.2 Å². The van der Waals surface area contributed by atoms with E-state index in [9.17, 15) is 0 Å². The van der Waals surface area contributed by atoms with Gasteiger partial charge in [0.25, 0.3) is 0 Å². The van der Waals surface area contributed by atoms with Crippen LogP contribution in [0.5, 0.6) is 0 Å². The second-order valence-electron chi connectivity index (χ2n) is 4.36. The molecule has 0 unspecified atom stereocenters. The summed E-state index contributed by atoms with van der Waals surface area (Å²) < 4.78 is 0. The van der Waals surface area contributed by atoms with E-state index in [1.165, 1.54) is 51.4 Å². The SMILES string of the molecule is C=C(Cl)CCCCCCCCCCC(=C)Cl. The van der Waals surface area contributed by atoms with Crippen molar-refractivity contribution in [2.24, 2.45) is 0 Å². The Hall–Kier alpha value is 0.0600. The fourth-order valence-electron chi connectivity index (χ4n) is 1.69. The van der Waals surface area contributed by atoms with Crippen LogP contribution in [0.3, 0.4) is 0 Å². The van der Waals surface area contributed by atoms with Gasteiger partial charge in [0.2, 0.25) is 0 Å². The molecule has 0 nitrogen and oxygen atoms in total. The number of rotatable bonds is 11. The molecule has 0 aromatic carbocycles. The maximum Gasteiger partial charge on any atom is 0.0109 e. The highest BCUT2D eigenvalue weighted by molar-refractivity contribution is 6.29. The molecule has 94 valence electrons. The molecule has 0 bridgehead atoms. The molecule has 0 amide bonds. The molecule has 0 rings (SSSR count). The molecule has 0 spiro atoms. The van der Waals surface area contributed by atoms with Crippen LogP contribution in [0, 0.1) is 0 Å². The lowest BCUT2D eigenvalue weighted by molar-refractivity contribution is 0.570. The van der Waals surface area contributed by atoms with Crippen LogP contribution in [0.25, 0.3) is 0 Å². The third kappa shape index (κ3) is 14.1. The van der Waals surface area contributed by atoms with Gasteiger partial charge in [-0.2, -0.15) is 0 Å². The van der Waals surface area contributed by atoms with Gasteiger partial charge in [0.15, 0.2) is 0 Å². The number of allylic oxidation sites excluding steroid dienone is 2. The van der Waals surface area contributed by atoms with Crippen molar-refractivity contribution in [3.8, 4) is 0 Å². The Morgan fingerprint density at radius 2 is 0.812 bits per heavy atom. The molecular weight excluding hydrogens is 239 g/mol. The quantitative estimate of drug-likeness (QED) is 0.379. The lowest BCUT2D eigenvalue weighted by atomic mass is 10.1. The monoisotopic (exact) mass is 262 g/mol. The molecule has 0 aliphatic carbocycles. The second kappa shape index (κ2) is 11.5. The fourth-order valence-corrected chi connectivity index (χ4v) is 1.96. The van der Waals surface area contributed by atoms with Crippen molar-refractivity contribution in [2.75, 3.05) is 0 Å². The fraction of sp³-hybridized carbons (Fsp3) is 0.714. The van der Waals surface area contributed by atoms with E-state index in [4.69, 9.17) is 23.2 Å². The minimum absolute atomic E-state index is 0.793. The van der Waals surface area contributed by atoms with Crippen molar-refractivity contribution in [3.05, 3.63) is 23.2 Å². The summed E-state index contributed by atoms with van der Waals surface area (Å²) in [5.41, 5.74) is 0. The summed E-state index contributed by atoms with van der Waals surface area (Å²) in [7, 11) is 0. The molecule has 0 radical (unpaired) electrons. The zero-order valence-electron chi connectivity index (χ0n) is 10.2. The van der Waals surface area contributed by atoms with Crippen LogP contribution >= 0.6 is 23.2 Å². The van der Waals surface area contributed by atoms with E-state index < -0.39 is 0 Å². The van der Waals surface area contributed by atoms with Gasteiger partial charge in [0.05, 0.1) is 0 Å². The van der Waals surface area contributed by atoms with Crippen molar-refractivity contribution < 1.29 is 0 Å². The van der Waals surface area contributed by atoms with Crippen LogP contribution in [-0.2, 0) is 0 Å². The van der Waals surface area contributed by atoms with Crippen LogP contribution < -0.4 is 0 Å². The first kappa shape index (κ1) is 16.1. The first-order chi connectivity index (χ1) is 7.63. The molecule has 0 atom stereocenters. The van der Waals surface area contributed by atoms with Crippen molar-refractivity contribution in [1.29, 1.82) is 0 Å². The predicted octanol–water partition coefficient (Wildman–Crippen LogP) is 6.39.